The quantitative estimate of drug-likeness (QED) is 0.689. The summed E-state index contributed by atoms with van der Waals surface area (Å²) in [6.07, 6.45) is 4.86. The van der Waals surface area contributed by atoms with Crippen molar-refractivity contribution in [3.05, 3.63) is 70.4 Å². The number of para-hydroxylation sites is 1. The molecule has 7 heteroatoms. The van der Waals surface area contributed by atoms with E-state index in [1.54, 1.807) is 24.3 Å². The number of amides is 1. The van der Waals surface area contributed by atoms with E-state index in [-0.39, 0.29) is 23.5 Å². The lowest BCUT2D eigenvalue weighted by atomic mass is 9.91. The van der Waals surface area contributed by atoms with Crippen LogP contribution in [0.25, 0.3) is 0 Å². The summed E-state index contributed by atoms with van der Waals surface area (Å²) in [5, 5.41) is 14.1. The predicted molar refractivity (Wildman–Crippen MR) is 100 cm³/mol. The number of nitrogens with one attached hydrogen (secondary N) is 3. The van der Waals surface area contributed by atoms with Gasteiger partial charge in [-0.15, -0.1) is 0 Å². The van der Waals surface area contributed by atoms with Crippen molar-refractivity contribution in [1.82, 2.24) is 10.3 Å². The standard InChI is InChI=1S/C19H18ClFN4O/c20-12-8-9-23-18(10-12)19(26)25-16-7-3-6-15(13(16)11-22)24-17-5-2-1-4-14(17)21/h1-2,4-5,8-11,16,22,24H,3,6-7H2,(H,25,26). The Morgan fingerprint density at radius 3 is 2.88 bits per heavy atom. The third kappa shape index (κ3) is 4.08. The van der Waals surface area contributed by atoms with Crippen LogP contribution in [0.3, 0.4) is 0 Å². The van der Waals surface area contributed by atoms with Crippen molar-refractivity contribution in [2.45, 2.75) is 25.3 Å². The van der Waals surface area contributed by atoms with Crippen molar-refractivity contribution in [2.24, 2.45) is 0 Å². The molecule has 0 fully saturated rings. The Balaban J connectivity index is 1.82. The number of halogens is 2. The first kappa shape index (κ1) is 18.1. The Morgan fingerprint density at radius 1 is 1.35 bits per heavy atom. The van der Waals surface area contributed by atoms with Gasteiger partial charge in [0.15, 0.2) is 0 Å². The first-order chi connectivity index (χ1) is 12.6. The van der Waals surface area contributed by atoms with Crippen LogP contribution in [0.2, 0.25) is 5.02 Å². The van der Waals surface area contributed by atoms with Crippen LogP contribution in [-0.4, -0.2) is 23.1 Å². The third-order valence-corrected chi connectivity index (χ3v) is 4.45. The Kier molecular flexibility index (Phi) is 5.63. The molecule has 1 aliphatic rings. The second-order valence-corrected chi connectivity index (χ2v) is 6.40. The smallest absolute Gasteiger partial charge is 0.270 e. The molecule has 1 atom stereocenters. The van der Waals surface area contributed by atoms with Crippen LogP contribution in [0.5, 0.6) is 0 Å². The Morgan fingerprint density at radius 2 is 2.15 bits per heavy atom. The van der Waals surface area contributed by atoms with Crippen molar-refractivity contribution in [3.63, 3.8) is 0 Å². The molecule has 1 aromatic heterocycles. The van der Waals surface area contributed by atoms with Gasteiger partial charge in [0.2, 0.25) is 0 Å². The molecule has 1 amide bonds. The summed E-state index contributed by atoms with van der Waals surface area (Å²) in [5.74, 6) is -0.720. The van der Waals surface area contributed by atoms with Gasteiger partial charge in [0.05, 0.1) is 11.7 Å². The van der Waals surface area contributed by atoms with Crippen LogP contribution in [-0.2, 0) is 0 Å². The lowest BCUT2D eigenvalue weighted by Gasteiger charge is -2.28. The molecule has 3 N–H and O–H groups in total. The maximum Gasteiger partial charge on any atom is 0.270 e. The summed E-state index contributed by atoms with van der Waals surface area (Å²) < 4.78 is 13.9. The van der Waals surface area contributed by atoms with Gasteiger partial charge in [-0.1, -0.05) is 23.7 Å². The normalized spacial score (nSPS) is 16.9. The van der Waals surface area contributed by atoms with Gasteiger partial charge in [-0.2, -0.15) is 0 Å². The van der Waals surface area contributed by atoms with E-state index in [0.29, 0.717) is 29.1 Å². The van der Waals surface area contributed by atoms with Crippen LogP contribution in [0.4, 0.5) is 10.1 Å². The van der Waals surface area contributed by atoms with Crippen molar-refractivity contribution < 1.29 is 9.18 Å². The number of pyridine rings is 1. The fourth-order valence-electron chi connectivity index (χ4n) is 2.95. The topological polar surface area (TPSA) is 77.9 Å². The van der Waals surface area contributed by atoms with E-state index in [4.69, 9.17) is 17.0 Å². The molecule has 134 valence electrons. The average Bonchev–Trinajstić information content (AvgIpc) is 2.64. The molecule has 1 aliphatic carbocycles. The number of hydrogen-bond donors (Lipinski definition) is 3. The number of aromatic nitrogens is 1. The monoisotopic (exact) mass is 372 g/mol. The highest BCUT2D eigenvalue weighted by Gasteiger charge is 2.24. The Bertz CT molecular complexity index is 868. The van der Waals surface area contributed by atoms with Crippen molar-refractivity contribution >= 4 is 29.4 Å². The summed E-state index contributed by atoms with van der Waals surface area (Å²) in [6.45, 7) is 0. The van der Waals surface area contributed by atoms with Gasteiger partial charge in [0.25, 0.3) is 5.91 Å². The van der Waals surface area contributed by atoms with Crippen molar-refractivity contribution in [3.8, 4) is 0 Å². The second kappa shape index (κ2) is 8.10. The highest BCUT2D eigenvalue weighted by Crippen LogP contribution is 2.27. The molecule has 1 unspecified atom stereocenters. The van der Waals surface area contributed by atoms with Crippen LogP contribution >= 0.6 is 11.6 Å². The molecule has 2 aromatic rings. The molecular formula is C19H18ClFN4O. The first-order valence-corrected chi connectivity index (χ1v) is 8.64. The van der Waals surface area contributed by atoms with E-state index >= 15 is 0 Å². The van der Waals surface area contributed by atoms with Crippen LogP contribution in [0.1, 0.15) is 29.8 Å². The number of rotatable bonds is 5. The number of carbonyl (C=O) groups is 1. The van der Waals surface area contributed by atoms with E-state index in [1.165, 1.54) is 24.5 Å². The highest BCUT2D eigenvalue weighted by molar-refractivity contribution is 6.30. The second-order valence-electron chi connectivity index (χ2n) is 5.96. The largest absolute Gasteiger partial charge is 0.356 e. The molecule has 1 heterocycles. The zero-order valence-corrected chi connectivity index (χ0v) is 14.7. The molecule has 26 heavy (non-hydrogen) atoms. The minimum Gasteiger partial charge on any atom is -0.356 e. The van der Waals surface area contributed by atoms with Crippen molar-refractivity contribution in [1.29, 1.82) is 5.41 Å². The van der Waals surface area contributed by atoms with E-state index < -0.39 is 0 Å². The lowest BCUT2D eigenvalue weighted by Crippen LogP contribution is -2.39. The SMILES string of the molecule is N=CC1=C(Nc2ccccc2F)CCCC1NC(=O)c1cc(Cl)ccn1. The number of hydrogen-bond acceptors (Lipinski definition) is 4. The average molecular weight is 373 g/mol. The van der Waals surface area contributed by atoms with Gasteiger partial charge in [0.1, 0.15) is 11.5 Å². The molecule has 0 spiro atoms. The maximum atomic E-state index is 13.9. The number of allylic oxidation sites excluding steroid dienone is 1. The maximum absolute atomic E-state index is 13.9. The van der Waals surface area contributed by atoms with E-state index in [1.807, 2.05) is 0 Å². The van der Waals surface area contributed by atoms with Crippen LogP contribution in [0, 0.1) is 11.2 Å². The molecular weight excluding hydrogens is 355 g/mol. The molecule has 0 saturated carbocycles. The Hall–Kier alpha value is -2.73. The summed E-state index contributed by atoms with van der Waals surface area (Å²) in [5.41, 5.74) is 1.94. The van der Waals surface area contributed by atoms with Crippen LogP contribution in [0.15, 0.2) is 53.9 Å². The third-order valence-electron chi connectivity index (χ3n) is 4.22. The summed E-state index contributed by atoms with van der Waals surface area (Å²) >= 11 is 5.90. The van der Waals surface area contributed by atoms with Crippen LogP contribution < -0.4 is 10.6 Å². The summed E-state index contributed by atoms with van der Waals surface area (Å²) in [4.78, 5) is 16.5. The van der Waals surface area contributed by atoms with Gasteiger partial charge in [-0.05, 0) is 43.5 Å². The molecule has 0 radical (unpaired) electrons. The fourth-order valence-corrected chi connectivity index (χ4v) is 3.11. The number of nitrogens with zero attached hydrogens (tertiary/aromatic N) is 1. The Labute approximate surface area is 155 Å². The minimum atomic E-state index is -0.362. The van der Waals surface area contributed by atoms with Gasteiger partial charge in [-0.3, -0.25) is 9.78 Å². The van der Waals surface area contributed by atoms with Gasteiger partial charge < -0.3 is 16.0 Å². The van der Waals surface area contributed by atoms with Gasteiger partial charge in [0, 0.05) is 28.7 Å². The molecule has 0 saturated heterocycles. The number of benzene rings is 1. The summed E-state index contributed by atoms with van der Waals surface area (Å²) in [7, 11) is 0. The molecule has 0 aliphatic heterocycles. The zero-order valence-electron chi connectivity index (χ0n) is 13.9. The summed E-state index contributed by atoms with van der Waals surface area (Å²) in [6, 6.07) is 9.12. The van der Waals surface area contributed by atoms with Gasteiger partial charge in [-0.25, -0.2) is 4.39 Å². The molecule has 0 bridgehead atoms. The minimum absolute atomic E-state index is 0.219. The molecule has 5 nitrogen and oxygen atoms in total. The number of anilines is 1. The first-order valence-electron chi connectivity index (χ1n) is 8.26. The lowest BCUT2D eigenvalue weighted by molar-refractivity contribution is 0.0935. The zero-order chi connectivity index (χ0) is 18.5. The van der Waals surface area contributed by atoms with Crippen molar-refractivity contribution in [2.75, 3.05) is 5.32 Å². The molecule has 1 aromatic carbocycles. The van der Waals surface area contributed by atoms with Gasteiger partial charge >= 0.3 is 0 Å². The predicted octanol–water partition coefficient (Wildman–Crippen LogP) is 4.17. The number of carbonyl (C=O) groups excluding carboxylic acids is 1. The van der Waals surface area contributed by atoms with E-state index in [0.717, 1.165) is 12.1 Å². The van der Waals surface area contributed by atoms with E-state index in [9.17, 15) is 9.18 Å². The molecule has 3 rings (SSSR count). The highest BCUT2D eigenvalue weighted by atomic mass is 35.5. The fraction of sp³-hybridized carbons (Fsp3) is 0.211. The van der Waals surface area contributed by atoms with E-state index in [2.05, 4.69) is 15.6 Å².